The summed E-state index contributed by atoms with van der Waals surface area (Å²) in [5, 5.41) is 5.63. The maximum Gasteiger partial charge on any atom is 0.259 e. The number of carbonyl (C=O) groups excluding carboxylic acids is 1. The molecule has 6 heteroatoms. The summed E-state index contributed by atoms with van der Waals surface area (Å²) in [5.74, 6) is 0.728. The Balaban J connectivity index is 2.10. The average molecular weight is 324 g/mol. The fourth-order valence-electron chi connectivity index (χ4n) is 2.60. The molecule has 1 fully saturated rings. The van der Waals surface area contributed by atoms with Gasteiger partial charge in [-0.05, 0) is 45.0 Å². The third kappa shape index (κ3) is 4.13. The highest BCUT2D eigenvalue weighted by atomic mass is 19.1. The van der Waals surface area contributed by atoms with Crippen molar-refractivity contribution in [2.45, 2.75) is 38.9 Å². The van der Waals surface area contributed by atoms with Crippen LogP contribution in [0, 0.1) is 0 Å². The second kappa shape index (κ2) is 7.64. The first-order valence-electron chi connectivity index (χ1n) is 8.10. The lowest BCUT2D eigenvalue weighted by atomic mass is 10.0. The molecule has 0 aromatic heterocycles. The number of nitrogens with one attached hydrogen (secondary N) is 2. The van der Waals surface area contributed by atoms with Crippen LogP contribution in [0.5, 0.6) is 11.5 Å². The molecule has 1 aromatic carbocycles. The summed E-state index contributed by atoms with van der Waals surface area (Å²) >= 11 is 0. The Morgan fingerprint density at radius 3 is 2.65 bits per heavy atom. The molecule has 0 aliphatic carbocycles. The zero-order valence-corrected chi connectivity index (χ0v) is 13.9. The van der Waals surface area contributed by atoms with Gasteiger partial charge in [0.2, 0.25) is 5.67 Å². The fraction of sp³-hybridized carbons (Fsp3) is 0.588. The quantitative estimate of drug-likeness (QED) is 0.808. The molecule has 23 heavy (non-hydrogen) atoms. The zero-order valence-electron chi connectivity index (χ0n) is 13.9. The SMILES string of the molecule is CCOc1ccc([C@H](C)NC(=O)[C@]2(F)CCNC2)cc1OCC. The molecule has 1 aromatic rings. The maximum atomic E-state index is 14.4. The first-order valence-corrected chi connectivity index (χ1v) is 8.10. The summed E-state index contributed by atoms with van der Waals surface area (Å²) in [5.41, 5.74) is -0.970. The van der Waals surface area contributed by atoms with E-state index in [4.69, 9.17) is 9.47 Å². The van der Waals surface area contributed by atoms with Crippen LogP contribution in [0.4, 0.5) is 4.39 Å². The highest BCUT2D eigenvalue weighted by Gasteiger charge is 2.41. The molecule has 2 atom stereocenters. The van der Waals surface area contributed by atoms with Gasteiger partial charge in [-0.2, -0.15) is 0 Å². The van der Waals surface area contributed by atoms with Crippen LogP contribution in [-0.2, 0) is 4.79 Å². The van der Waals surface area contributed by atoms with Crippen molar-refractivity contribution >= 4 is 5.91 Å². The molecular weight excluding hydrogens is 299 g/mol. The minimum atomic E-state index is -1.82. The molecule has 2 rings (SSSR count). The minimum absolute atomic E-state index is 0.0685. The first kappa shape index (κ1) is 17.5. The predicted octanol–water partition coefficient (Wildman–Crippen LogP) is 2.36. The Morgan fingerprint density at radius 1 is 1.35 bits per heavy atom. The third-order valence-electron chi connectivity index (χ3n) is 3.93. The van der Waals surface area contributed by atoms with Crippen molar-refractivity contribution in [3.05, 3.63) is 23.8 Å². The molecular formula is C17H25FN2O3. The van der Waals surface area contributed by atoms with Crippen molar-refractivity contribution in [1.82, 2.24) is 10.6 Å². The van der Waals surface area contributed by atoms with E-state index in [-0.39, 0.29) is 19.0 Å². The van der Waals surface area contributed by atoms with Crippen LogP contribution in [0.3, 0.4) is 0 Å². The van der Waals surface area contributed by atoms with Crippen LogP contribution in [0.2, 0.25) is 0 Å². The summed E-state index contributed by atoms with van der Waals surface area (Å²) in [6.45, 7) is 7.28. The van der Waals surface area contributed by atoms with Gasteiger partial charge >= 0.3 is 0 Å². The number of carbonyl (C=O) groups is 1. The molecule has 1 heterocycles. The van der Waals surface area contributed by atoms with E-state index in [9.17, 15) is 9.18 Å². The van der Waals surface area contributed by atoms with Gasteiger partial charge in [0.25, 0.3) is 5.91 Å². The molecule has 2 N–H and O–H groups in total. The standard InChI is InChI=1S/C17H25FN2O3/c1-4-22-14-7-6-13(10-15(14)23-5-2)12(3)20-16(21)17(18)8-9-19-11-17/h6-7,10,12,19H,4-5,8-9,11H2,1-3H3,(H,20,21)/t12-,17-/m0/s1. The van der Waals surface area contributed by atoms with E-state index in [1.807, 2.05) is 39.0 Å². The highest BCUT2D eigenvalue weighted by molar-refractivity contribution is 5.86. The summed E-state index contributed by atoms with van der Waals surface area (Å²) in [6.07, 6.45) is 0.207. The topological polar surface area (TPSA) is 59.6 Å². The maximum absolute atomic E-state index is 14.4. The monoisotopic (exact) mass is 324 g/mol. The van der Waals surface area contributed by atoms with Crippen molar-refractivity contribution in [2.75, 3.05) is 26.3 Å². The highest BCUT2D eigenvalue weighted by Crippen LogP contribution is 2.31. The number of amides is 1. The van der Waals surface area contributed by atoms with E-state index in [0.717, 1.165) is 5.56 Å². The lowest BCUT2D eigenvalue weighted by Gasteiger charge is -2.22. The molecule has 1 aliphatic heterocycles. The van der Waals surface area contributed by atoms with Crippen molar-refractivity contribution in [3.63, 3.8) is 0 Å². The molecule has 0 saturated carbocycles. The third-order valence-corrected chi connectivity index (χ3v) is 3.93. The van der Waals surface area contributed by atoms with E-state index in [1.165, 1.54) is 0 Å². The van der Waals surface area contributed by atoms with Crippen LogP contribution in [-0.4, -0.2) is 37.9 Å². The van der Waals surface area contributed by atoms with Gasteiger partial charge in [0.15, 0.2) is 11.5 Å². The van der Waals surface area contributed by atoms with Crippen molar-refractivity contribution in [1.29, 1.82) is 0 Å². The first-order chi connectivity index (χ1) is 11.0. The number of rotatable bonds is 7. The van der Waals surface area contributed by atoms with Crippen molar-refractivity contribution in [3.8, 4) is 11.5 Å². The molecule has 1 amide bonds. The average Bonchev–Trinajstić information content (AvgIpc) is 2.97. The molecule has 1 aliphatic rings. The molecule has 0 spiro atoms. The lowest BCUT2D eigenvalue weighted by Crippen LogP contribution is -2.45. The summed E-state index contributed by atoms with van der Waals surface area (Å²) in [4.78, 5) is 12.1. The molecule has 5 nitrogen and oxygen atoms in total. The minimum Gasteiger partial charge on any atom is -0.490 e. The van der Waals surface area contributed by atoms with Crippen molar-refractivity contribution < 1.29 is 18.7 Å². The number of halogens is 1. The molecule has 128 valence electrons. The predicted molar refractivity (Wildman–Crippen MR) is 86.7 cm³/mol. The summed E-state index contributed by atoms with van der Waals surface area (Å²) in [6, 6.07) is 5.19. The number of benzene rings is 1. The van der Waals surface area contributed by atoms with Gasteiger partial charge < -0.3 is 20.1 Å². The molecule has 0 unspecified atom stereocenters. The van der Waals surface area contributed by atoms with Crippen LogP contribution >= 0.6 is 0 Å². The lowest BCUT2D eigenvalue weighted by molar-refractivity contribution is -0.132. The Labute approximate surface area is 136 Å². The van der Waals surface area contributed by atoms with Gasteiger partial charge in [0, 0.05) is 13.0 Å². The van der Waals surface area contributed by atoms with Crippen LogP contribution in [0.25, 0.3) is 0 Å². The van der Waals surface area contributed by atoms with E-state index in [1.54, 1.807) is 0 Å². The number of hydrogen-bond donors (Lipinski definition) is 2. The number of ether oxygens (including phenoxy) is 2. The van der Waals surface area contributed by atoms with E-state index in [0.29, 0.717) is 31.3 Å². The van der Waals surface area contributed by atoms with Gasteiger partial charge in [-0.25, -0.2) is 4.39 Å². The molecule has 0 bridgehead atoms. The molecule has 1 saturated heterocycles. The van der Waals surface area contributed by atoms with Crippen LogP contribution < -0.4 is 20.1 Å². The van der Waals surface area contributed by atoms with Gasteiger partial charge in [-0.3, -0.25) is 4.79 Å². The zero-order chi connectivity index (χ0) is 16.9. The normalized spacial score (nSPS) is 21.7. The summed E-state index contributed by atoms with van der Waals surface area (Å²) in [7, 11) is 0. The number of alkyl halides is 1. The Morgan fingerprint density at radius 2 is 2.04 bits per heavy atom. The van der Waals surface area contributed by atoms with E-state index in [2.05, 4.69) is 10.6 Å². The van der Waals surface area contributed by atoms with Gasteiger partial charge in [0.05, 0.1) is 19.3 Å². The largest absolute Gasteiger partial charge is 0.490 e. The molecule has 0 radical (unpaired) electrons. The van der Waals surface area contributed by atoms with Crippen molar-refractivity contribution in [2.24, 2.45) is 0 Å². The summed E-state index contributed by atoms with van der Waals surface area (Å²) < 4.78 is 25.5. The smallest absolute Gasteiger partial charge is 0.259 e. The Hall–Kier alpha value is -1.82. The van der Waals surface area contributed by atoms with Crippen LogP contribution in [0.1, 0.15) is 38.8 Å². The second-order valence-electron chi connectivity index (χ2n) is 5.66. The van der Waals surface area contributed by atoms with E-state index < -0.39 is 11.6 Å². The fourth-order valence-corrected chi connectivity index (χ4v) is 2.60. The Bertz CT molecular complexity index is 545. The second-order valence-corrected chi connectivity index (χ2v) is 5.66. The van der Waals surface area contributed by atoms with Gasteiger partial charge in [-0.15, -0.1) is 0 Å². The van der Waals surface area contributed by atoms with E-state index >= 15 is 0 Å². The van der Waals surface area contributed by atoms with Gasteiger partial charge in [0.1, 0.15) is 0 Å². The van der Waals surface area contributed by atoms with Gasteiger partial charge in [-0.1, -0.05) is 6.07 Å². The van der Waals surface area contributed by atoms with Crippen LogP contribution in [0.15, 0.2) is 18.2 Å². The number of hydrogen-bond acceptors (Lipinski definition) is 4. The Kier molecular flexibility index (Phi) is 5.82.